The number of hydrogen-bond acceptors (Lipinski definition) is 3. The van der Waals surface area contributed by atoms with Gasteiger partial charge >= 0.3 is 0 Å². The van der Waals surface area contributed by atoms with E-state index < -0.39 is 0 Å². The summed E-state index contributed by atoms with van der Waals surface area (Å²) in [7, 11) is 2.24. The minimum absolute atomic E-state index is 0.219. The van der Waals surface area contributed by atoms with E-state index in [4.69, 9.17) is 0 Å². The fourth-order valence-corrected chi connectivity index (χ4v) is 3.52. The summed E-state index contributed by atoms with van der Waals surface area (Å²) in [6, 6.07) is 4.88. The maximum Gasteiger partial charge on any atom is 0.101 e. The maximum absolute atomic E-state index is 4.61. The van der Waals surface area contributed by atoms with Crippen molar-refractivity contribution in [2.75, 3.05) is 13.6 Å². The van der Waals surface area contributed by atoms with Gasteiger partial charge in [0.1, 0.15) is 5.03 Å². The minimum Gasteiger partial charge on any atom is -0.299 e. The molecular weight excluding hydrogens is 240 g/mol. The van der Waals surface area contributed by atoms with E-state index in [2.05, 4.69) is 49.8 Å². The molecule has 0 saturated carbocycles. The molecule has 0 bridgehead atoms. The Morgan fingerprint density at radius 2 is 2.11 bits per heavy atom. The Kier molecular flexibility index (Phi) is 4.33. The highest BCUT2D eigenvalue weighted by Crippen LogP contribution is 2.38. The molecular formula is C15H24N2S. The summed E-state index contributed by atoms with van der Waals surface area (Å²) in [6.07, 6.45) is 5.85. The molecule has 1 saturated heterocycles. The third-order valence-corrected chi connectivity index (χ3v) is 4.48. The van der Waals surface area contributed by atoms with Gasteiger partial charge in [0.2, 0.25) is 0 Å². The lowest BCUT2D eigenvalue weighted by atomic mass is 9.97. The lowest BCUT2D eigenvalue weighted by Crippen LogP contribution is -2.30. The number of hydrogen-bond donors (Lipinski definition) is 0. The molecule has 0 spiro atoms. The van der Waals surface area contributed by atoms with E-state index in [0.29, 0.717) is 6.04 Å². The highest BCUT2D eigenvalue weighted by Gasteiger charge is 2.25. The van der Waals surface area contributed by atoms with Crippen LogP contribution in [0.2, 0.25) is 0 Å². The third-order valence-electron chi connectivity index (χ3n) is 3.33. The van der Waals surface area contributed by atoms with Crippen LogP contribution < -0.4 is 0 Å². The molecule has 0 radical (unpaired) electrons. The molecule has 3 heteroatoms. The highest BCUT2D eigenvalue weighted by atomic mass is 32.2. The van der Waals surface area contributed by atoms with Crippen molar-refractivity contribution in [2.45, 2.75) is 55.8 Å². The molecule has 1 aromatic heterocycles. The molecule has 0 N–H and O–H groups in total. The van der Waals surface area contributed by atoms with Crippen LogP contribution in [0.3, 0.4) is 0 Å². The molecule has 2 heterocycles. The Morgan fingerprint density at radius 3 is 2.78 bits per heavy atom. The predicted molar refractivity (Wildman–Crippen MR) is 79.1 cm³/mol. The van der Waals surface area contributed by atoms with Crippen LogP contribution in [-0.4, -0.2) is 28.2 Å². The second-order valence-corrected chi connectivity index (χ2v) is 7.92. The summed E-state index contributed by atoms with van der Waals surface area (Å²) in [4.78, 5) is 7.09. The predicted octanol–water partition coefficient (Wildman–Crippen LogP) is 4.13. The van der Waals surface area contributed by atoms with E-state index >= 15 is 0 Å². The van der Waals surface area contributed by atoms with Gasteiger partial charge in [0.05, 0.1) is 0 Å². The number of rotatable bonds is 2. The monoisotopic (exact) mass is 264 g/mol. The van der Waals surface area contributed by atoms with Crippen molar-refractivity contribution in [3.8, 4) is 0 Å². The second-order valence-electron chi connectivity index (χ2n) is 6.10. The van der Waals surface area contributed by atoms with Crippen molar-refractivity contribution < 1.29 is 0 Å². The SMILES string of the molecule is CN1CCCC[C@H]1c1cccnc1SC(C)(C)C. The van der Waals surface area contributed by atoms with Crippen molar-refractivity contribution in [1.82, 2.24) is 9.88 Å². The van der Waals surface area contributed by atoms with Gasteiger partial charge in [-0.25, -0.2) is 4.98 Å². The fraction of sp³-hybridized carbons (Fsp3) is 0.667. The molecule has 0 aromatic carbocycles. The summed E-state index contributed by atoms with van der Waals surface area (Å²) >= 11 is 1.89. The van der Waals surface area contributed by atoms with Crippen LogP contribution in [0.15, 0.2) is 23.4 Å². The van der Waals surface area contributed by atoms with Crippen LogP contribution in [0.25, 0.3) is 0 Å². The van der Waals surface area contributed by atoms with E-state index in [9.17, 15) is 0 Å². The van der Waals surface area contributed by atoms with E-state index in [1.807, 2.05) is 18.0 Å². The van der Waals surface area contributed by atoms with Crippen molar-refractivity contribution >= 4 is 11.8 Å². The van der Waals surface area contributed by atoms with E-state index in [-0.39, 0.29) is 4.75 Å². The van der Waals surface area contributed by atoms with Crippen molar-refractivity contribution in [3.05, 3.63) is 23.9 Å². The first-order valence-corrected chi connectivity index (χ1v) is 7.63. The van der Waals surface area contributed by atoms with Crippen molar-refractivity contribution in [1.29, 1.82) is 0 Å². The smallest absolute Gasteiger partial charge is 0.101 e. The number of thioether (sulfide) groups is 1. The van der Waals surface area contributed by atoms with Gasteiger partial charge in [-0.05, 0) is 32.5 Å². The molecule has 1 atom stereocenters. The first-order valence-electron chi connectivity index (χ1n) is 6.81. The molecule has 1 aliphatic rings. The zero-order chi connectivity index (χ0) is 13.2. The van der Waals surface area contributed by atoms with Crippen LogP contribution in [-0.2, 0) is 0 Å². The van der Waals surface area contributed by atoms with E-state index in [1.165, 1.54) is 36.4 Å². The van der Waals surface area contributed by atoms with Crippen LogP contribution >= 0.6 is 11.8 Å². The van der Waals surface area contributed by atoms with Gasteiger partial charge in [0.15, 0.2) is 0 Å². The molecule has 1 aromatic rings. The number of pyridine rings is 1. The van der Waals surface area contributed by atoms with Crippen LogP contribution in [0, 0.1) is 0 Å². The normalized spacial score (nSPS) is 22.1. The van der Waals surface area contributed by atoms with Crippen molar-refractivity contribution in [2.24, 2.45) is 0 Å². The van der Waals surface area contributed by atoms with Gasteiger partial charge in [-0.1, -0.05) is 33.3 Å². The lowest BCUT2D eigenvalue weighted by molar-refractivity contribution is 0.184. The molecule has 0 aliphatic carbocycles. The first kappa shape index (κ1) is 13.9. The molecule has 0 unspecified atom stereocenters. The molecule has 2 rings (SSSR count). The van der Waals surface area contributed by atoms with Gasteiger partial charge in [-0.2, -0.15) is 0 Å². The van der Waals surface area contributed by atoms with Crippen LogP contribution in [0.1, 0.15) is 51.6 Å². The lowest BCUT2D eigenvalue weighted by Gasteiger charge is -2.34. The van der Waals surface area contributed by atoms with Gasteiger partial charge < -0.3 is 0 Å². The van der Waals surface area contributed by atoms with Crippen molar-refractivity contribution in [3.63, 3.8) is 0 Å². The fourth-order valence-electron chi connectivity index (χ4n) is 2.50. The first-order chi connectivity index (χ1) is 8.47. The number of aromatic nitrogens is 1. The molecule has 100 valence electrons. The maximum atomic E-state index is 4.61. The third kappa shape index (κ3) is 3.48. The topological polar surface area (TPSA) is 16.1 Å². The molecule has 1 fully saturated rings. The Balaban J connectivity index is 2.26. The summed E-state index contributed by atoms with van der Waals surface area (Å²) in [6.45, 7) is 7.96. The number of likely N-dealkylation sites (tertiary alicyclic amines) is 1. The van der Waals surface area contributed by atoms with Gasteiger partial charge in [-0.15, -0.1) is 11.8 Å². The zero-order valence-electron chi connectivity index (χ0n) is 11.9. The average Bonchev–Trinajstić information content (AvgIpc) is 2.29. The number of piperidine rings is 1. The molecule has 18 heavy (non-hydrogen) atoms. The zero-order valence-corrected chi connectivity index (χ0v) is 12.8. The van der Waals surface area contributed by atoms with Crippen LogP contribution in [0.5, 0.6) is 0 Å². The van der Waals surface area contributed by atoms with Gasteiger partial charge in [0, 0.05) is 22.5 Å². The summed E-state index contributed by atoms with van der Waals surface area (Å²) < 4.78 is 0.219. The Bertz CT molecular complexity index is 398. The standard InChI is InChI=1S/C15H24N2S/c1-15(2,3)18-14-12(8-7-10-16-14)13-9-5-6-11-17(13)4/h7-8,10,13H,5-6,9,11H2,1-4H3/t13-/m0/s1. The highest BCUT2D eigenvalue weighted by molar-refractivity contribution is 8.00. The minimum atomic E-state index is 0.219. The summed E-state index contributed by atoms with van der Waals surface area (Å²) in [5.41, 5.74) is 1.42. The Labute approximate surface area is 115 Å². The van der Waals surface area contributed by atoms with E-state index in [0.717, 1.165) is 0 Å². The van der Waals surface area contributed by atoms with Gasteiger partial charge in [-0.3, -0.25) is 4.90 Å². The molecule has 2 nitrogen and oxygen atoms in total. The quantitative estimate of drug-likeness (QED) is 0.747. The largest absolute Gasteiger partial charge is 0.299 e. The van der Waals surface area contributed by atoms with Crippen LogP contribution in [0.4, 0.5) is 0 Å². The second kappa shape index (κ2) is 5.62. The molecule has 1 aliphatic heterocycles. The van der Waals surface area contributed by atoms with E-state index in [1.54, 1.807) is 0 Å². The Morgan fingerprint density at radius 1 is 1.33 bits per heavy atom. The summed E-state index contributed by atoms with van der Waals surface area (Å²) in [5.74, 6) is 0. The van der Waals surface area contributed by atoms with Gasteiger partial charge in [0.25, 0.3) is 0 Å². The number of nitrogens with zero attached hydrogens (tertiary/aromatic N) is 2. The molecule has 0 amide bonds. The average molecular weight is 264 g/mol. The summed E-state index contributed by atoms with van der Waals surface area (Å²) in [5, 5.41) is 1.21. The Hall–Kier alpha value is -0.540.